The standard InChI is InChI=1S/C13H15BrN4O/c1-19-13-3-2-11(14)6-10(13)7-12(18-15)9-4-5-16-17-8-9/h2-6,8,12,18H,7,15H2,1H3. The average molecular weight is 323 g/mol. The zero-order valence-electron chi connectivity index (χ0n) is 10.5. The number of nitrogens with zero attached hydrogens (tertiary/aromatic N) is 2. The highest BCUT2D eigenvalue weighted by molar-refractivity contribution is 9.10. The number of aromatic nitrogens is 2. The van der Waals surface area contributed by atoms with Gasteiger partial charge in [-0.25, -0.2) is 0 Å². The normalized spacial score (nSPS) is 12.2. The molecule has 6 heteroatoms. The van der Waals surface area contributed by atoms with Crippen LogP contribution < -0.4 is 16.0 Å². The number of rotatable bonds is 5. The minimum absolute atomic E-state index is 0.0429. The Labute approximate surface area is 120 Å². The van der Waals surface area contributed by atoms with Crippen molar-refractivity contribution in [3.8, 4) is 5.75 Å². The van der Waals surface area contributed by atoms with Crippen molar-refractivity contribution in [3.63, 3.8) is 0 Å². The molecule has 0 spiro atoms. The summed E-state index contributed by atoms with van der Waals surface area (Å²) >= 11 is 3.46. The van der Waals surface area contributed by atoms with Gasteiger partial charge in [-0.05, 0) is 41.8 Å². The second kappa shape index (κ2) is 6.60. The third-order valence-electron chi connectivity index (χ3n) is 2.88. The first-order valence-corrected chi connectivity index (χ1v) is 6.59. The molecule has 0 bridgehead atoms. The number of methoxy groups -OCH3 is 1. The summed E-state index contributed by atoms with van der Waals surface area (Å²) in [5, 5.41) is 7.64. The van der Waals surface area contributed by atoms with Gasteiger partial charge in [-0.15, -0.1) is 0 Å². The second-order valence-corrected chi connectivity index (χ2v) is 4.97. The SMILES string of the molecule is COc1ccc(Br)cc1CC(NN)c1ccnnc1. The first-order chi connectivity index (χ1) is 9.24. The summed E-state index contributed by atoms with van der Waals surface area (Å²) in [6.45, 7) is 0. The molecular formula is C13H15BrN4O. The monoisotopic (exact) mass is 322 g/mol. The highest BCUT2D eigenvalue weighted by Crippen LogP contribution is 2.27. The fourth-order valence-corrected chi connectivity index (χ4v) is 2.32. The molecule has 5 nitrogen and oxygen atoms in total. The van der Waals surface area contributed by atoms with Gasteiger partial charge in [-0.1, -0.05) is 15.9 Å². The lowest BCUT2D eigenvalue weighted by molar-refractivity contribution is 0.405. The van der Waals surface area contributed by atoms with Crippen LogP contribution in [-0.4, -0.2) is 17.3 Å². The maximum absolute atomic E-state index is 5.63. The molecule has 0 fully saturated rings. The fraction of sp³-hybridized carbons (Fsp3) is 0.231. The molecule has 19 heavy (non-hydrogen) atoms. The Hall–Kier alpha value is -1.50. The van der Waals surface area contributed by atoms with Crippen molar-refractivity contribution in [1.82, 2.24) is 15.6 Å². The number of nitrogens with one attached hydrogen (secondary N) is 1. The maximum Gasteiger partial charge on any atom is 0.122 e. The van der Waals surface area contributed by atoms with Crippen molar-refractivity contribution in [2.45, 2.75) is 12.5 Å². The van der Waals surface area contributed by atoms with Crippen molar-refractivity contribution in [3.05, 3.63) is 52.3 Å². The van der Waals surface area contributed by atoms with E-state index in [0.717, 1.165) is 21.3 Å². The molecule has 1 aromatic heterocycles. The molecule has 2 aromatic rings. The smallest absolute Gasteiger partial charge is 0.122 e. The quantitative estimate of drug-likeness (QED) is 0.650. The number of hydrazine groups is 1. The number of halogens is 1. The summed E-state index contributed by atoms with van der Waals surface area (Å²) in [5.41, 5.74) is 4.85. The van der Waals surface area contributed by atoms with Gasteiger partial charge in [0.1, 0.15) is 5.75 Å². The van der Waals surface area contributed by atoms with E-state index in [1.807, 2.05) is 24.3 Å². The molecule has 2 rings (SSSR count). The zero-order valence-corrected chi connectivity index (χ0v) is 12.1. The molecule has 0 aliphatic carbocycles. The zero-order chi connectivity index (χ0) is 13.7. The van der Waals surface area contributed by atoms with Gasteiger partial charge in [0.2, 0.25) is 0 Å². The van der Waals surface area contributed by atoms with Crippen LogP contribution in [0.2, 0.25) is 0 Å². The van der Waals surface area contributed by atoms with Gasteiger partial charge in [0, 0.05) is 10.7 Å². The van der Waals surface area contributed by atoms with Gasteiger partial charge in [0.15, 0.2) is 0 Å². The Morgan fingerprint density at radius 3 is 2.84 bits per heavy atom. The lowest BCUT2D eigenvalue weighted by atomic mass is 10.0. The topological polar surface area (TPSA) is 73.1 Å². The van der Waals surface area contributed by atoms with Gasteiger partial charge in [-0.3, -0.25) is 11.3 Å². The summed E-state index contributed by atoms with van der Waals surface area (Å²) in [4.78, 5) is 0. The number of nitrogens with two attached hydrogens (primary N) is 1. The second-order valence-electron chi connectivity index (χ2n) is 4.06. The molecule has 3 N–H and O–H groups in total. The van der Waals surface area contributed by atoms with E-state index in [-0.39, 0.29) is 6.04 Å². The molecule has 1 aromatic carbocycles. The van der Waals surface area contributed by atoms with Crippen LogP contribution in [0.5, 0.6) is 5.75 Å². The van der Waals surface area contributed by atoms with E-state index in [0.29, 0.717) is 6.42 Å². The maximum atomic E-state index is 5.63. The van der Waals surface area contributed by atoms with Crippen LogP contribution in [-0.2, 0) is 6.42 Å². The lowest BCUT2D eigenvalue weighted by Gasteiger charge is -2.17. The van der Waals surface area contributed by atoms with Gasteiger partial charge in [0.05, 0.1) is 19.3 Å². The van der Waals surface area contributed by atoms with Crippen molar-refractivity contribution in [2.75, 3.05) is 7.11 Å². The van der Waals surface area contributed by atoms with Crippen LogP contribution in [0.4, 0.5) is 0 Å². The Morgan fingerprint density at radius 1 is 1.37 bits per heavy atom. The summed E-state index contributed by atoms with van der Waals surface area (Å²) in [6.07, 6.45) is 4.05. The number of hydrogen-bond acceptors (Lipinski definition) is 5. The molecule has 0 amide bonds. The molecule has 1 unspecified atom stereocenters. The minimum Gasteiger partial charge on any atom is -0.496 e. The summed E-state index contributed by atoms with van der Waals surface area (Å²) in [5.74, 6) is 6.47. The van der Waals surface area contributed by atoms with Crippen LogP contribution >= 0.6 is 15.9 Å². The van der Waals surface area contributed by atoms with Crippen LogP contribution in [0, 0.1) is 0 Å². The predicted molar refractivity (Wildman–Crippen MR) is 76.5 cm³/mol. The van der Waals surface area contributed by atoms with Crippen molar-refractivity contribution in [2.24, 2.45) is 5.84 Å². The van der Waals surface area contributed by atoms with Crippen LogP contribution in [0.25, 0.3) is 0 Å². The number of ether oxygens (including phenoxy) is 1. The van der Waals surface area contributed by atoms with E-state index in [2.05, 4.69) is 31.6 Å². The van der Waals surface area contributed by atoms with E-state index < -0.39 is 0 Å². The Morgan fingerprint density at radius 2 is 2.21 bits per heavy atom. The van der Waals surface area contributed by atoms with Crippen molar-refractivity contribution in [1.29, 1.82) is 0 Å². The van der Waals surface area contributed by atoms with Crippen LogP contribution in [0.15, 0.2) is 41.1 Å². The first kappa shape index (κ1) is 13.9. The lowest BCUT2D eigenvalue weighted by Crippen LogP contribution is -2.29. The summed E-state index contributed by atoms with van der Waals surface area (Å²) < 4.78 is 6.37. The number of hydrogen-bond donors (Lipinski definition) is 2. The minimum atomic E-state index is -0.0429. The third-order valence-corrected chi connectivity index (χ3v) is 3.37. The van der Waals surface area contributed by atoms with E-state index in [4.69, 9.17) is 10.6 Å². The van der Waals surface area contributed by atoms with E-state index in [1.165, 1.54) is 0 Å². The molecule has 1 atom stereocenters. The van der Waals surface area contributed by atoms with Crippen LogP contribution in [0.1, 0.15) is 17.2 Å². The highest BCUT2D eigenvalue weighted by atomic mass is 79.9. The molecule has 100 valence electrons. The fourth-order valence-electron chi connectivity index (χ4n) is 1.91. The van der Waals surface area contributed by atoms with E-state index in [9.17, 15) is 0 Å². The highest BCUT2D eigenvalue weighted by Gasteiger charge is 2.14. The Bertz CT molecular complexity index is 535. The molecular weight excluding hydrogens is 308 g/mol. The Balaban J connectivity index is 2.26. The van der Waals surface area contributed by atoms with Gasteiger partial charge >= 0.3 is 0 Å². The van der Waals surface area contributed by atoms with E-state index in [1.54, 1.807) is 19.5 Å². The van der Waals surface area contributed by atoms with Gasteiger partial charge in [0.25, 0.3) is 0 Å². The largest absolute Gasteiger partial charge is 0.496 e. The van der Waals surface area contributed by atoms with Crippen LogP contribution in [0.3, 0.4) is 0 Å². The summed E-state index contributed by atoms with van der Waals surface area (Å²) in [6, 6.07) is 7.75. The van der Waals surface area contributed by atoms with Gasteiger partial charge < -0.3 is 4.74 Å². The first-order valence-electron chi connectivity index (χ1n) is 5.79. The molecule has 0 radical (unpaired) electrons. The third kappa shape index (κ3) is 3.50. The molecule has 0 aliphatic heterocycles. The van der Waals surface area contributed by atoms with E-state index >= 15 is 0 Å². The summed E-state index contributed by atoms with van der Waals surface area (Å²) in [7, 11) is 1.66. The Kier molecular flexibility index (Phi) is 4.84. The molecule has 0 saturated carbocycles. The van der Waals surface area contributed by atoms with Crippen molar-refractivity contribution >= 4 is 15.9 Å². The average Bonchev–Trinajstić information content (AvgIpc) is 2.46. The predicted octanol–water partition coefficient (Wildman–Crippen LogP) is 1.99. The molecule has 0 saturated heterocycles. The number of benzene rings is 1. The van der Waals surface area contributed by atoms with Crippen molar-refractivity contribution < 1.29 is 4.74 Å². The molecule has 0 aliphatic rings. The van der Waals surface area contributed by atoms with Gasteiger partial charge in [-0.2, -0.15) is 10.2 Å². The molecule has 1 heterocycles.